The van der Waals surface area contributed by atoms with Crippen molar-refractivity contribution in [2.75, 3.05) is 0 Å². The summed E-state index contributed by atoms with van der Waals surface area (Å²) in [5, 5.41) is 0. The zero-order valence-corrected chi connectivity index (χ0v) is 10.5. The van der Waals surface area contributed by atoms with Crippen LogP contribution in [0.3, 0.4) is 0 Å². The van der Waals surface area contributed by atoms with Crippen molar-refractivity contribution in [1.29, 1.82) is 0 Å². The molecule has 0 radical (unpaired) electrons. The molecule has 0 rings (SSSR count). The Kier molecular flexibility index (Phi) is 15.1. The third kappa shape index (κ3) is 59.9. The summed E-state index contributed by atoms with van der Waals surface area (Å²) in [6, 6.07) is 0. The van der Waals surface area contributed by atoms with Crippen molar-refractivity contribution in [3.63, 3.8) is 0 Å². The van der Waals surface area contributed by atoms with Crippen LogP contribution in [-0.2, 0) is 3.02 Å². The van der Waals surface area contributed by atoms with Gasteiger partial charge in [-0.05, 0) is 0 Å². The molecule has 0 saturated heterocycles. The topological polar surface area (TPSA) is 86.2 Å². The molecule has 7 heavy (non-hydrogen) atoms. The fourth-order valence-corrected chi connectivity index (χ4v) is 0. The van der Waals surface area contributed by atoms with Crippen LogP contribution in [0.2, 0.25) is 0 Å². The first kappa shape index (κ1) is 16.2. The van der Waals surface area contributed by atoms with Gasteiger partial charge in [0.25, 0.3) is 0 Å². The Labute approximate surface area is 89.1 Å². The Hall–Kier alpha value is 2.39. The van der Waals surface area contributed by atoms with Gasteiger partial charge in [0.15, 0.2) is 0 Å². The van der Waals surface area contributed by atoms with E-state index in [1.165, 1.54) is 0 Å². The van der Waals surface area contributed by atoms with Crippen molar-refractivity contribution in [2.24, 2.45) is 0 Å². The number of hydrogen-bond donors (Lipinski definition) is 0. The summed E-state index contributed by atoms with van der Waals surface area (Å²) in [7, 11) is 0. The van der Waals surface area contributed by atoms with E-state index in [9.17, 15) is 0 Å². The van der Waals surface area contributed by atoms with Crippen molar-refractivity contribution in [1.82, 2.24) is 0 Å². The van der Waals surface area contributed by atoms with Gasteiger partial charge in [0.05, 0.1) is 0 Å². The Morgan fingerprint density at radius 1 is 1.14 bits per heavy atom. The Balaban J connectivity index is -0.0000000800. The molecule has 0 aromatic heterocycles. The maximum absolute atomic E-state index is 8.64. The van der Waals surface area contributed by atoms with E-state index in [-0.39, 0.29) is 57.5 Å². The molecule has 0 aromatic carbocycles. The molecule has 0 atom stereocenters. The first-order chi connectivity index (χ1) is 2.00. The third-order valence-electron chi connectivity index (χ3n) is 0. The van der Waals surface area contributed by atoms with Crippen LogP contribution in [0.5, 0.6) is 0 Å². The predicted octanol–water partition coefficient (Wildman–Crippen LogP) is -4.83. The molecule has 7 heteroatoms. The Morgan fingerprint density at radius 2 is 1.14 bits per heavy atom. The zero-order valence-electron chi connectivity index (χ0n) is 3.36. The molecule has 0 fully saturated rings. The Bertz CT molecular complexity index is 57.8. The second kappa shape index (κ2) is 6.51. The van der Waals surface area contributed by atoms with Crippen LogP contribution in [0.15, 0.2) is 0 Å². The van der Waals surface area contributed by atoms with Gasteiger partial charge in [0.2, 0.25) is 0 Å². The van der Waals surface area contributed by atoms with E-state index in [4.69, 9.17) is 13.2 Å². The summed E-state index contributed by atoms with van der Waals surface area (Å²) < 4.78 is 34.6. The summed E-state index contributed by atoms with van der Waals surface area (Å²) in [6.45, 7) is 0. The van der Waals surface area contributed by atoms with Gasteiger partial charge in [-0.15, -0.1) is 0 Å². The molecule has 0 aromatic rings. The quantitative estimate of drug-likeness (QED) is 0.420. The van der Waals surface area contributed by atoms with Crippen molar-refractivity contribution in [3.05, 3.63) is 0 Å². The van der Waals surface area contributed by atoms with Crippen LogP contribution in [0.1, 0.15) is 0 Å². The molecule has 0 bridgehead atoms. The average Bonchev–Trinajstić information content (AvgIpc) is 0.722. The van der Waals surface area contributed by atoms with Gasteiger partial charge in [-0.2, -0.15) is 0 Å². The van der Waals surface area contributed by atoms with Crippen LogP contribution in [0.4, 0.5) is 0 Å². The molecule has 0 aliphatic heterocycles. The number of hydrogen-bond acceptors (Lipinski definition) is 4. The fourth-order valence-electron chi connectivity index (χ4n) is 0. The summed E-state index contributed by atoms with van der Waals surface area (Å²) in [4.78, 5) is 0. The standard InChI is InChI=1S/Ca.Ga.4O.Sb/q+2;+3;;3*-1;. The van der Waals surface area contributed by atoms with Gasteiger partial charge in [-0.25, -0.2) is 0 Å². The van der Waals surface area contributed by atoms with Gasteiger partial charge >= 0.3 is 90.8 Å². The first-order valence-corrected chi connectivity index (χ1v) is 4.90. The van der Waals surface area contributed by atoms with Gasteiger partial charge in [-0.1, -0.05) is 0 Å². The van der Waals surface area contributed by atoms with Crippen molar-refractivity contribution in [2.45, 2.75) is 0 Å². The SMILES string of the molecule is [Ca+2].[Ga+3].[O]=[Sb]([O-])([O-])[O-]. The minimum atomic E-state index is -6.10. The molecule has 0 aliphatic carbocycles. The predicted molar refractivity (Wildman–Crippen MR) is 17.9 cm³/mol. The van der Waals surface area contributed by atoms with Crippen molar-refractivity contribution >= 4 is 77.6 Å². The second-order valence-electron chi connectivity index (χ2n) is 0.447. The van der Waals surface area contributed by atoms with Crippen molar-refractivity contribution in [3.8, 4) is 0 Å². The average molecular weight is 296 g/mol. The van der Waals surface area contributed by atoms with E-state index in [0.717, 1.165) is 0 Å². The second-order valence-corrected chi connectivity index (χ2v) is 3.00. The minimum absolute atomic E-state index is 0. The van der Waals surface area contributed by atoms with E-state index < -0.39 is 20.1 Å². The third-order valence-corrected chi connectivity index (χ3v) is 0. The van der Waals surface area contributed by atoms with E-state index in [0.29, 0.717) is 0 Å². The normalized spacial score (nSPS) is 8.43. The molecule has 0 heterocycles. The Morgan fingerprint density at radius 3 is 1.14 bits per heavy atom. The molecule has 0 spiro atoms. The summed E-state index contributed by atoms with van der Waals surface area (Å²) in [5.41, 5.74) is 0. The zero-order chi connectivity index (χ0) is 4.50. The molecule has 4 nitrogen and oxygen atoms in total. The summed E-state index contributed by atoms with van der Waals surface area (Å²) in [6.07, 6.45) is 0. The molecule has 0 unspecified atom stereocenters. The van der Waals surface area contributed by atoms with E-state index in [1.807, 2.05) is 0 Å². The van der Waals surface area contributed by atoms with Crippen LogP contribution < -0.4 is 10.2 Å². The van der Waals surface area contributed by atoms with Gasteiger partial charge < -0.3 is 0 Å². The number of rotatable bonds is 0. The van der Waals surface area contributed by atoms with E-state index in [1.54, 1.807) is 0 Å². The van der Waals surface area contributed by atoms with E-state index in [2.05, 4.69) is 0 Å². The molecule has 0 N–H and O–H groups in total. The van der Waals surface area contributed by atoms with Gasteiger partial charge in [-0.3, -0.25) is 0 Å². The van der Waals surface area contributed by atoms with E-state index >= 15 is 0 Å². The van der Waals surface area contributed by atoms with Crippen molar-refractivity contribution < 1.29 is 13.2 Å². The van der Waals surface area contributed by atoms with Crippen LogP contribution in [0.25, 0.3) is 0 Å². The molecule has 0 aliphatic rings. The van der Waals surface area contributed by atoms with Gasteiger partial charge in [0.1, 0.15) is 0 Å². The van der Waals surface area contributed by atoms with Crippen LogP contribution in [0, 0.1) is 0 Å². The molecular weight excluding hydrogens is 296 g/mol. The molecule has 32 valence electrons. The molecule has 0 saturated carbocycles. The van der Waals surface area contributed by atoms with Crippen LogP contribution >= 0.6 is 0 Å². The molecule has 0 amide bonds. The van der Waals surface area contributed by atoms with Gasteiger partial charge in [0, 0.05) is 0 Å². The fraction of sp³-hybridized carbons (Fsp3) is 0. The van der Waals surface area contributed by atoms with Crippen LogP contribution in [-0.4, -0.2) is 77.6 Å². The summed E-state index contributed by atoms with van der Waals surface area (Å²) >= 11 is -6.10. The first-order valence-electron chi connectivity index (χ1n) is 0.730. The maximum atomic E-state index is 8.64. The molecular formula is CaGaO4Sb+2. The monoisotopic (exact) mass is 294 g/mol. The summed E-state index contributed by atoms with van der Waals surface area (Å²) in [5.74, 6) is 0.